The number of carbonyl (C=O) groups excluding carboxylic acids is 1. The lowest BCUT2D eigenvalue weighted by Crippen LogP contribution is -2.12. The molecule has 14 heavy (non-hydrogen) atoms. The average Bonchev–Trinajstić information content (AvgIpc) is 2.02. The van der Waals surface area contributed by atoms with Crippen molar-refractivity contribution in [1.82, 2.24) is 0 Å². The highest BCUT2D eigenvalue weighted by Gasteiger charge is 2.15. The summed E-state index contributed by atoms with van der Waals surface area (Å²) in [5.41, 5.74) is 4.88. The number of carbonyl (C=O) groups is 1. The van der Waals surface area contributed by atoms with E-state index in [1.165, 1.54) is 0 Å². The van der Waals surface area contributed by atoms with Crippen molar-refractivity contribution in [3.05, 3.63) is 29.6 Å². The van der Waals surface area contributed by atoms with Crippen molar-refractivity contribution in [2.75, 3.05) is 6.26 Å². The molecule has 0 heterocycles. The number of primary amides is 1. The van der Waals surface area contributed by atoms with Gasteiger partial charge in [0.15, 0.2) is 9.84 Å². The van der Waals surface area contributed by atoms with Crippen molar-refractivity contribution < 1.29 is 17.6 Å². The van der Waals surface area contributed by atoms with E-state index in [-0.39, 0.29) is 5.56 Å². The summed E-state index contributed by atoms with van der Waals surface area (Å²) in [4.78, 5) is 10.2. The van der Waals surface area contributed by atoms with E-state index in [4.69, 9.17) is 5.73 Å². The predicted octanol–water partition coefficient (Wildman–Crippen LogP) is 0.328. The van der Waals surface area contributed by atoms with Crippen molar-refractivity contribution in [1.29, 1.82) is 0 Å². The van der Waals surface area contributed by atoms with Crippen LogP contribution in [0.3, 0.4) is 0 Å². The molecule has 0 aliphatic heterocycles. The Balaban J connectivity index is 3.44. The van der Waals surface area contributed by atoms with Crippen LogP contribution in [-0.2, 0) is 9.84 Å². The first-order chi connectivity index (χ1) is 6.32. The summed E-state index contributed by atoms with van der Waals surface area (Å²) in [7, 11) is -3.67. The van der Waals surface area contributed by atoms with E-state index in [0.29, 0.717) is 0 Å². The second-order valence-electron chi connectivity index (χ2n) is 2.78. The second kappa shape index (κ2) is 3.38. The number of rotatable bonds is 2. The first-order valence-corrected chi connectivity index (χ1v) is 5.51. The number of hydrogen-bond acceptors (Lipinski definition) is 3. The van der Waals surface area contributed by atoms with Crippen LogP contribution in [0.25, 0.3) is 0 Å². The van der Waals surface area contributed by atoms with Gasteiger partial charge in [0.2, 0.25) is 5.91 Å². The van der Waals surface area contributed by atoms with E-state index in [1.54, 1.807) is 0 Å². The Morgan fingerprint density at radius 1 is 1.43 bits per heavy atom. The molecule has 1 aromatic rings. The Hall–Kier alpha value is -1.43. The molecule has 0 radical (unpaired) electrons. The molecule has 0 aliphatic carbocycles. The topological polar surface area (TPSA) is 77.2 Å². The Labute approximate surface area is 80.5 Å². The second-order valence-corrected chi connectivity index (χ2v) is 4.77. The van der Waals surface area contributed by atoms with Crippen molar-refractivity contribution in [2.24, 2.45) is 5.73 Å². The largest absolute Gasteiger partial charge is 0.366 e. The smallest absolute Gasteiger partial charge is 0.248 e. The van der Waals surface area contributed by atoms with Gasteiger partial charge in [-0.15, -0.1) is 0 Å². The molecule has 6 heteroatoms. The van der Waals surface area contributed by atoms with Crippen LogP contribution < -0.4 is 5.73 Å². The number of sulfone groups is 1. The fourth-order valence-electron chi connectivity index (χ4n) is 0.941. The summed E-state index contributed by atoms with van der Waals surface area (Å²) in [5.74, 6) is -1.69. The highest BCUT2D eigenvalue weighted by atomic mass is 32.2. The quantitative estimate of drug-likeness (QED) is 0.775. The molecule has 0 aromatic heterocycles. The molecule has 2 N–H and O–H groups in total. The van der Waals surface area contributed by atoms with Gasteiger partial charge < -0.3 is 5.73 Å². The summed E-state index contributed by atoms with van der Waals surface area (Å²) in [5, 5.41) is 0. The third-order valence-corrected chi connectivity index (χ3v) is 2.73. The fourth-order valence-corrected chi connectivity index (χ4v) is 1.70. The first-order valence-electron chi connectivity index (χ1n) is 3.62. The number of amides is 1. The number of benzene rings is 1. The van der Waals surface area contributed by atoms with Gasteiger partial charge >= 0.3 is 0 Å². The van der Waals surface area contributed by atoms with E-state index >= 15 is 0 Å². The summed E-state index contributed by atoms with van der Waals surface area (Å²) >= 11 is 0. The highest BCUT2D eigenvalue weighted by molar-refractivity contribution is 7.90. The predicted molar refractivity (Wildman–Crippen MR) is 48.0 cm³/mol. The highest BCUT2D eigenvalue weighted by Crippen LogP contribution is 2.15. The van der Waals surface area contributed by atoms with E-state index in [1.807, 2.05) is 0 Å². The van der Waals surface area contributed by atoms with Gasteiger partial charge in [-0.3, -0.25) is 4.79 Å². The van der Waals surface area contributed by atoms with Gasteiger partial charge in [0.05, 0.1) is 0 Å². The summed E-state index contributed by atoms with van der Waals surface area (Å²) < 4.78 is 35.1. The zero-order chi connectivity index (χ0) is 10.9. The average molecular weight is 217 g/mol. The third-order valence-electron chi connectivity index (χ3n) is 1.62. The maximum absolute atomic E-state index is 13.0. The first kappa shape index (κ1) is 10.6. The van der Waals surface area contributed by atoms with Crippen LogP contribution in [-0.4, -0.2) is 20.6 Å². The third kappa shape index (κ3) is 2.08. The van der Waals surface area contributed by atoms with Crippen molar-refractivity contribution >= 4 is 15.7 Å². The van der Waals surface area contributed by atoms with Crippen LogP contribution in [0.1, 0.15) is 10.4 Å². The van der Waals surface area contributed by atoms with Crippen LogP contribution in [0.4, 0.5) is 4.39 Å². The van der Waals surface area contributed by atoms with Gasteiger partial charge in [0.25, 0.3) is 0 Å². The molecule has 0 atom stereocenters. The minimum absolute atomic E-state index is 0.0353. The molecular weight excluding hydrogens is 209 g/mol. The Bertz CT molecular complexity index is 481. The van der Waals surface area contributed by atoms with Crippen molar-refractivity contribution in [3.8, 4) is 0 Å². The maximum atomic E-state index is 13.0. The van der Waals surface area contributed by atoms with Crippen LogP contribution in [0, 0.1) is 5.82 Å². The lowest BCUT2D eigenvalue weighted by atomic mass is 10.2. The van der Waals surface area contributed by atoms with Crippen molar-refractivity contribution in [2.45, 2.75) is 4.90 Å². The minimum atomic E-state index is -3.67. The van der Waals surface area contributed by atoms with Gasteiger partial charge in [-0.1, -0.05) is 0 Å². The molecule has 1 aromatic carbocycles. The molecule has 0 spiro atoms. The fraction of sp³-hybridized carbons (Fsp3) is 0.125. The molecule has 0 bridgehead atoms. The van der Waals surface area contributed by atoms with Gasteiger partial charge in [-0.2, -0.15) is 0 Å². The Morgan fingerprint density at radius 3 is 2.43 bits per heavy atom. The lowest BCUT2D eigenvalue weighted by Gasteiger charge is -2.01. The molecule has 1 amide bonds. The van der Waals surface area contributed by atoms with Crippen LogP contribution in [0.5, 0.6) is 0 Å². The molecule has 0 unspecified atom stereocenters. The monoisotopic (exact) mass is 217 g/mol. The molecule has 0 fully saturated rings. The Morgan fingerprint density at radius 2 is 2.00 bits per heavy atom. The van der Waals surface area contributed by atoms with Crippen molar-refractivity contribution in [3.63, 3.8) is 0 Å². The van der Waals surface area contributed by atoms with Gasteiger partial charge in [-0.05, 0) is 18.2 Å². The summed E-state index contributed by atoms with van der Waals surface area (Å²) in [6, 6.07) is 2.95. The molecule has 0 saturated heterocycles. The maximum Gasteiger partial charge on any atom is 0.248 e. The van der Waals surface area contributed by atoms with Crippen LogP contribution in [0.2, 0.25) is 0 Å². The number of nitrogens with two attached hydrogens (primary N) is 1. The van der Waals surface area contributed by atoms with E-state index in [0.717, 1.165) is 24.5 Å². The normalized spacial score (nSPS) is 11.3. The molecule has 0 aliphatic rings. The van der Waals surface area contributed by atoms with Gasteiger partial charge in [-0.25, -0.2) is 12.8 Å². The molecule has 76 valence electrons. The van der Waals surface area contributed by atoms with Gasteiger partial charge in [0, 0.05) is 11.8 Å². The van der Waals surface area contributed by atoms with Crippen LogP contribution in [0.15, 0.2) is 23.1 Å². The summed E-state index contributed by atoms with van der Waals surface area (Å²) in [6.07, 6.45) is 0.857. The lowest BCUT2D eigenvalue weighted by molar-refractivity contribution is 0.1000. The molecule has 0 saturated carbocycles. The van der Waals surface area contributed by atoms with E-state index in [9.17, 15) is 17.6 Å². The van der Waals surface area contributed by atoms with E-state index < -0.39 is 26.5 Å². The molecule has 1 rings (SSSR count). The molecular formula is C8H8FNO3S. The number of hydrogen-bond donors (Lipinski definition) is 1. The Kier molecular flexibility index (Phi) is 2.57. The standard InChI is InChI=1S/C8H8FNO3S/c1-14(12,13)7-4-5(8(10)11)2-3-6(7)9/h2-4H,1H3,(H2,10,11). The zero-order valence-electron chi connectivity index (χ0n) is 7.32. The van der Waals surface area contributed by atoms with E-state index in [2.05, 4.69) is 0 Å². The summed E-state index contributed by atoms with van der Waals surface area (Å²) in [6.45, 7) is 0. The van der Waals surface area contributed by atoms with Gasteiger partial charge in [0.1, 0.15) is 10.7 Å². The molecule has 4 nitrogen and oxygen atoms in total. The number of halogens is 1. The minimum Gasteiger partial charge on any atom is -0.366 e. The van der Waals surface area contributed by atoms with Crippen LogP contribution >= 0.6 is 0 Å². The zero-order valence-corrected chi connectivity index (χ0v) is 8.14. The SMILES string of the molecule is CS(=O)(=O)c1cc(C(N)=O)ccc1F.